The number of nitro benzene ring substituents is 2. The van der Waals surface area contributed by atoms with E-state index in [1.54, 1.807) is 0 Å². The van der Waals surface area contributed by atoms with Crippen LogP contribution in [0.3, 0.4) is 0 Å². The van der Waals surface area contributed by atoms with Gasteiger partial charge in [0.25, 0.3) is 11.4 Å². The van der Waals surface area contributed by atoms with Gasteiger partial charge in [0, 0.05) is 23.8 Å². The van der Waals surface area contributed by atoms with Gasteiger partial charge in [0.1, 0.15) is 0 Å². The highest BCUT2D eigenvalue weighted by Crippen LogP contribution is 2.37. The lowest BCUT2D eigenvalue weighted by Gasteiger charge is -2.22. The van der Waals surface area contributed by atoms with E-state index in [9.17, 15) is 33.2 Å². The molecular weight excluding hydrogens is 378 g/mol. The molecule has 0 atom stereocenters. The van der Waals surface area contributed by atoms with Crippen LogP contribution in [0, 0.1) is 27.2 Å². The maximum Gasteiger partial charge on any atom is 0.364 e. The van der Waals surface area contributed by atoms with E-state index in [-0.39, 0.29) is 33.3 Å². The maximum atomic E-state index is 11.8. The first-order chi connectivity index (χ1) is 11.5. The van der Waals surface area contributed by atoms with Gasteiger partial charge in [0.05, 0.1) is 26.2 Å². The zero-order valence-electron chi connectivity index (χ0n) is 12.5. The van der Waals surface area contributed by atoms with Crippen molar-refractivity contribution < 1.29 is 22.8 Å². The molecule has 0 spiro atoms. The Morgan fingerprint density at radius 2 is 1.72 bits per heavy atom. The second-order valence-electron chi connectivity index (χ2n) is 4.86. The van der Waals surface area contributed by atoms with Gasteiger partial charge in [-0.05, 0) is 19.1 Å². The second-order valence-corrected chi connectivity index (χ2v) is 6.53. The van der Waals surface area contributed by atoms with E-state index in [4.69, 9.17) is 11.6 Å². The maximum absolute atomic E-state index is 11.8. The van der Waals surface area contributed by atoms with Crippen molar-refractivity contribution in [3.8, 4) is 0 Å². The summed E-state index contributed by atoms with van der Waals surface area (Å²) in [5, 5.41) is 21.5. The Bertz CT molecular complexity index is 978. The summed E-state index contributed by atoms with van der Waals surface area (Å²) in [6, 6.07) is 6.37. The Kier molecular flexibility index (Phi) is 4.92. The van der Waals surface area contributed by atoms with Gasteiger partial charge in [-0.2, -0.15) is 8.42 Å². The van der Waals surface area contributed by atoms with Crippen LogP contribution in [0.2, 0.25) is 5.02 Å². The number of anilines is 2. The standard InChI is InChI=1S/C13H10ClN3O7S/c1-8-2-3-9(7-13(8)17(20)21)15(25(22,23)24)12-5-4-10(16(18)19)6-11(12)14/h2-7H,1H3,(H,22,23,24). The van der Waals surface area contributed by atoms with Gasteiger partial charge in [-0.1, -0.05) is 17.7 Å². The smallest absolute Gasteiger partial charge is 0.269 e. The van der Waals surface area contributed by atoms with Gasteiger partial charge in [-0.3, -0.25) is 24.8 Å². The van der Waals surface area contributed by atoms with Crippen LogP contribution in [0.5, 0.6) is 0 Å². The van der Waals surface area contributed by atoms with Crippen LogP contribution in [-0.4, -0.2) is 22.8 Å². The highest BCUT2D eigenvalue weighted by atomic mass is 35.5. The number of aryl methyl sites for hydroxylation is 1. The Labute approximate surface area is 146 Å². The summed E-state index contributed by atoms with van der Waals surface area (Å²) in [6.07, 6.45) is 0. The Balaban J connectivity index is 2.69. The first-order valence-electron chi connectivity index (χ1n) is 6.49. The fourth-order valence-electron chi connectivity index (χ4n) is 2.09. The zero-order valence-corrected chi connectivity index (χ0v) is 14.1. The summed E-state index contributed by atoms with van der Waals surface area (Å²) in [5.41, 5.74) is -1.04. The Morgan fingerprint density at radius 3 is 2.20 bits per heavy atom. The van der Waals surface area contributed by atoms with Crippen molar-refractivity contribution in [2.75, 3.05) is 4.31 Å². The molecule has 0 aliphatic rings. The van der Waals surface area contributed by atoms with Crippen LogP contribution in [0.25, 0.3) is 0 Å². The SMILES string of the molecule is Cc1ccc(N(c2ccc([N+](=O)[O-])cc2Cl)S(=O)(=O)O)cc1[N+](=O)[O-]. The van der Waals surface area contributed by atoms with E-state index in [0.29, 0.717) is 4.31 Å². The topological polar surface area (TPSA) is 144 Å². The van der Waals surface area contributed by atoms with Gasteiger partial charge in [0.15, 0.2) is 0 Å². The molecule has 10 nitrogen and oxygen atoms in total. The van der Waals surface area contributed by atoms with Gasteiger partial charge in [0.2, 0.25) is 0 Å². The van der Waals surface area contributed by atoms with Crippen molar-refractivity contribution in [3.05, 3.63) is 67.2 Å². The molecule has 0 unspecified atom stereocenters. The minimum absolute atomic E-state index is 0.254. The van der Waals surface area contributed by atoms with Crippen molar-refractivity contribution in [2.45, 2.75) is 6.92 Å². The molecule has 0 aromatic heterocycles. The van der Waals surface area contributed by atoms with Crippen molar-refractivity contribution in [1.82, 2.24) is 0 Å². The van der Waals surface area contributed by atoms with E-state index >= 15 is 0 Å². The molecule has 0 bridgehead atoms. The molecule has 0 radical (unpaired) electrons. The van der Waals surface area contributed by atoms with Gasteiger partial charge in [-0.25, -0.2) is 4.31 Å². The molecule has 2 aromatic rings. The van der Waals surface area contributed by atoms with Crippen LogP contribution in [0.1, 0.15) is 5.56 Å². The lowest BCUT2D eigenvalue weighted by atomic mass is 10.1. The zero-order chi connectivity index (χ0) is 18.9. The van der Waals surface area contributed by atoms with Crippen molar-refractivity contribution in [3.63, 3.8) is 0 Å². The lowest BCUT2D eigenvalue weighted by molar-refractivity contribution is -0.385. The molecule has 1 N–H and O–H groups in total. The minimum atomic E-state index is -4.93. The normalized spacial score (nSPS) is 11.2. The van der Waals surface area contributed by atoms with E-state index in [0.717, 1.165) is 24.3 Å². The molecule has 0 amide bonds. The van der Waals surface area contributed by atoms with Crippen LogP contribution >= 0.6 is 11.6 Å². The van der Waals surface area contributed by atoms with E-state index in [2.05, 4.69) is 0 Å². The van der Waals surface area contributed by atoms with Crippen molar-refractivity contribution >= 4 is 44.7 Å². The average molecular weight is 388 g/mol. The lowest BCUT2D eigenvalue weighted by Crippen LogP contribution is -2.25. The molecule has 0 heterocycles. The van der Waals surface area contributed by atoms with Gasteiger partial charge >= 0.3 is 10.3 Å². The summed E-state index contributed by atoms with van der Waals surface area (Å²) >= 11 is 5.90. The Hall–Kier alpha value is -2.76. The number of hydrogen-bond acceptors (Lipinski definition) is 6. The molecule has 25 heavy (non-hydrogen) atoms. The first kappa shape index (κ1) is 18.6. The van der Waals surface area contributed by atoms with E-state index in [1.807, 2.05) is 0 Å². The predicted molar refractivity (Wildman–Crippen MR) is 89.6 cm³/mol. The third kappa shape index (κ3) is 3.84. The molecule has 0 fully saturated rings. The summed E-state index contributed by atoms with van der Waals surface area (Å²) < 4.78 is 33.5. The number of hydrogen-bond donors (Lipinski definition) is 1. The number of rotatable bonds is 5. The number of nitrogens with zero attached hydrogens (tertiary/aromatic N) is 3. The average Bonchev–Trinajstić information content (AvgIpc) is 2.49. The summed E-state index contributed by atoms with van der Waals surface area (Å²) in [4.78, 5) is 20.4. The molecule has 0 saturated heterocycles. The number of halogens is 1. The summed E-state index contributed by atoms with van der Waals surface area (Å²) in [5.74, 6) is 0. The number of non-ortho nitro benzene ring substituents is 1. The fraction of sp³-hybridized carbons (Fsp3) is 0.0769. The molecule has 2 aromatic carbocycles. The largest absolute Gasteiger partial charge is 0.364 e. The second kappa shape index (κ2) is 6.63. The third-order valence-corrected chi connectivity index (χ3v) is 4.39. The summed E-state index contributed by atoms with van der Waals surface area (Å²) in [7, 11) is -4.93. The molecule has 0 aliphatic carbocycles. The minimum Gasteiger partial charge on any atom is -0.269 e. The monoisotopic (exact) mass is 387 g/mol. The molecule has 12 heteroatoms. The van der Waals surface area contributed by atoms with Crippen LogP contribution in [-0.2, 0) is 10.3 Å². The van der Waals surface area contributed by atoms with E-state index < -0.39 is 20.2 Å². The van der Waals surface area contributed by atoms with Crippen molar-refractivity contribution in [1.29, 1.82) is 0 Å². The van der Waals surface area contributed by atoms with Crippen LogP contribution < -0.4 is 4.31 Å². The molecular formula is C13H10ClN3O7S. The van der Waals surface area contributed by atoms with E-state index in [1.165, 1.54) is 19.1 Å². The van der Waals surface area contributed by atoms with Gasteiger partial charge in [-0.15, -0.1) is 0 Å². The quantitative estimate of drug-likeness (QED) is 0.470. The fourth-order valence-corrected chi connectivity index (χ4v) is 3.19. The highest BCUT2D eigenvalue weighted by Gasteiger charge is 2.27. The molecule has 132 valence electrons. The molecule has 2 rings (SSSR count). The Morgan fingerprint density at radius 1 is 1.08 bits per heavy atom. The van der Waals surface area contributed by atoms with Crippen LogP contribution in [0.15, 0.2) is 36.4 Å². The van der Waals surface area contributed by atoms with Crippen LogP contribution in [0.4, 0.5) is 22.7 Å². The molecule has 0 saturated carbocycles. The highest BCUT2D eigenvalue weighted by molar-refractivity contribution is 7.87. The molecule has 0 aliphatic heterocycles. The van der Waals surface area contributed by atoms with Gasteiger partial charge < -0.3 is 0 Å². The summed E-state index contributed by atoms with van der Waals surface area (Å²) in [6.45, 7) is 1.46. The van der Waals surface area contributed by atoms with Crippen molar-refractivity contribution in [2.24, 2.45) is 0 Å². The number of nitro groups is 2. The third-order valence-electron chi connectivity index (χ3n) is 3.22. The first-order valence-corrected chi connectivity index (χ1v) is 8.26. The predicted octanol–water partition coefficient (Wildman–Crippen LogP) is 3.41. The number of benzene rings is 2.